The molecule has 0 saturated carbocycles. The van der Waals surface area contributed by atoms with Crippen LogP contribution in [0.3, 0.4) is 0 Å². The fourth-order valence-corrected chi connectivity index (χ4v) is 7.67. The van der Waals surface area contributed by atoms with E-state index in [1.54, 1.807) is 17.0 Å². The van der Waals surface area contributed by atoms with Gasteiger partial charge in [0.2, 0.25) is 11.5 Å². The normalized spacial score (nSPS) is 18.4. The molecule has 0 aliphatic carbocycles. The van der Waals surface area contributed by atoms with Gasteiger partial charge in [-0.25, -0.2) is 13.8 Å². The van der Waals surface area contributed by atoms with Gasteiger partial charge in [0, 0.05) is 49.2 Å². The molecule has 0 N–H and O–H groups in total. The maximum atomic E-state index is 15.5. The first-order chi connectivity index (χ1) is 24.7. The van der Waals surface area contributed by atoms with E-state index < -0.39 is 17.0 Å². The van der Waals surface area contributed by atoms with Gasteiger partial charge in [0.15, 0.2) is 17.3 Å². The van der Waals surface area contributed by atoms with E-state index in [4.69, 9.17) is 23.9 Å². The molecular weight excluding hydrogens is 658 g/mol. The summed E-state index contributed by atoms with van der Waals surface area (Å²) in [5, 5.41) is 0. The van der Waals surface area contributed by atoms with Gasteiger partial charge in [0.05, 0.1) is 39.0 Å². The predicted molar refractivity (Wildman–Crippen MR) is 189 cm³/mol. The average molecular weight is 705 g/mol. The van der Waals surface area contributed by atoms with Gasteiger partial charge >= 0.3 is 0 Å². The minimum absolute atomic E-state index is 0.0453. The van der Waals surface area contributed by atoms with E-state index in [1.165, 1.54) is 33.5 Å². The molecule has 0 spiro atoms. The average Bonchev–Trinajstić information content (AvgIpc) is 3.75. The summed E-state index contributed by atoms with van der Waals surface area (Å²) in [5.41, 5.74) is 1.75. The molecule has 2 fully saturated rings. The second-order valence-corrected chi connectivity index (χ2v) is 13.3. The zero-order valence-corrected chi connectivity index (χ0v) is 29.8. The quantitative estimate of drug-likeness (QED) is 0.114. The van der Waals surface area contributed by atoms with Crippen LogP contribution < -0.4 is 14.2 Å². The van der Waals surface area contributed by atoms with Crippen LogP contribution in [0.5, 0.6) is 17.2 Å². The van der Waals surface area contributed by atoms with Crippen molar-refractivity contribution in [3.8, 4) is 17.2 Å². The van der Waals surface area contributed by atoms with E-state index in [0.29, 0.717) is 106 Å². The summed E-state index contributed by atoms with van der Waals surface area (Å²) in [6, 6.07) is 14.7. The van der Waals surface area contributed by atoms with E-state index in [9.17, 15) is 14.0 Å². The minimum Gasteiger partial charge on any atom is -0.493 e. The molecule has 2 saturated heterocycles. The van der Waals surface area contributed by atoms with Gasteiger partial charge in [-0.3, -0.25) is 9.59 Å². The molecule has 0 bridgehead atoms. The lowest BCUT2D eigenvalue weighted by molar-refractivity contribution is 0.0777. The first kappa shape index (κ1) is 36.2. The first-order valence-electron chi connectivity index (χ1n) is 17.6. The highest BCUT2D eigenvalue weighted by Gasteiger charge is 2.44. The topological polar surface area (TPSA) is 95.4 Å². The number of para-hydroxylation sites is 2. The number of hydrogen-bond acceptors (Lipinski definition) is 8. The Morgan fingerprint density at radius 2 is 1.65 bits per heavy atom. The number of ether oxygens (including phenoxy) is 4. The highest BCUT2D eigenvalue weighted by molar-refractivity contribution is 5.98. The van der Waals surface area contributed by atoms with Crippen molar-refractivity contribution < 1.29 is 37.3 Å². The Hall–Kier alpha value is -4.55. The van der Waals surface area contributed by atoms with Crippen molar-refractivity contribution in [3.63, 3.8) is 0 Å². The molecule has 10 nitrogen and oxygen atoms in total. The van der Waals surface area contributed by atoms with Crippen molar-refractivity contribution in [1.29, 1.82) is 0 Å². The number of benzene rings is 3. The number of hydrogen-bond donors (Lipinski definition) is 0. The van der Waals surface area contributed by atoms with Crippen molar-refractivity contribution in [2.45, 2.75) is 44.6 Å². The Bertz CT molecular complexity index is 1850. The van der Waals surface area contributed by atoms with E-state index in [1.807, 2.05) is 35.8 Å². The smallest absolute Gasteiger partial charge is 0.254 e. The van der Waals surface area contributed by atoms with Gasteiger partial charge in [-0.15, -0.1) is 0 Å². The fourth-order valence-electron chi connectivity index (χ4n) is 7.67. The molecule has 272 valence electrons. The number of piperidine rings is 1. The summed E-state index contributed by atoms with van der Waals surface area (Å²) < 4.78 is 53.5. The van der Waals surface area contributed by atoms with Crippen molar-refractivity contribution in [2.24, 2.45) is 5.92 Å². The summed E-state index contributed by atoms with van der Waals surface area (Å²) in [4.78, 5) is 36.5. The Kier molecular flexibility index (Phi) is 11.2. The molecule has 51 heavy (non-hydrogen) atoms. The molecule has 3 aromatic carbocycles. The second kappa shape index (κ2) is 15.8. The molecule has 1 unspecified atom stereocenters. The number of methoxy groups -OCH3 is 3. The van der Waals surface area contributed by atoms with Crippen LogP contribution >= 0.6 is 0 Å². The lowest BCUT2D eigenvalue weighted by Gasteiger charge is -2.36. The standard InChI is InChI=1S/C39H46F2N4O6/c1-5-51-21-20-45-32-9-7-6-8-31(32)42-37(45)35(46)26-12-16-43(17-13-26)18-14-39(29-11-10-28(40)24-30(29)41)15-19-44(25-39)38(47)27-22-33(48-2)36(50-4)34(23-27)49-3/h6-11,22-24,26H,5,12-21,25H2,1-4H3. The van der Waals surface area contributed by atoms with Crippen LogP contribution in [-0.2, 0) is 16.7 Å². The Labute approximate surface area is 297 Å². The van der Waals surface area contributed by atoms with Crippen LogP contribution in [0.2, 0.25) is 0 Å². The maximum absolute atomic E-state index is 15.5. The summed E-state index contributed by atoms with van der Waals surface area (Å²) in [5.74, 6) is -0.0460. The van der Waals surface area contributed by atoms with Gasteiger partial charge in [0.1, 0.15) is 11.6 Å². The van der Waals surface area contributed by atoms with Crippen LogP contribution in [-0.4, -0.2) is 98.3 Å². The molecule has 1 amide bonds. The summed E-state index contributed by atoms with van der Waals surface area (Å²) >= 11 is 0. The lowest BCUT2D eigenvalue weighted by atomic mass is 9.76. The van der Waals surface area contributed by atoms with E-state index in [2.05, 4.69) is 4.90 Å². The highest BCUT2D eigenvalue weighted by Crippen LogP contribution is 2.42. The number of imidazole rings is 1. The number of carbonyl (C=O) groups excluding carboxylic acids is 2. The van der Waals surface area contributed by atoms with Crippen molar-refractivity contribution >= 4 is 22.7 Å². The molecule has 6 rings (SSSR count). The molecule has 3 heterocycles. The second-order valence-electron chi connectivity index (χ2n) is 13.3. The number of amides is 1. The van der Waals surface area contributed by atoms with Gasteiger partial charge in [-0.05, 0) is 88.1 Å². The number of fused-ring (bicyclic) bond motifs is 1. The number of halogens is 2. The molecule has 1 atom stereocenters. The molecule has 2 aliphatic rings. The van der Waals surface area contributed by atoms with Gasteiger partial charge in [-0.1, -0.05) is 18.2 Å². The lowest BCUT2D eigenvalue weighted by Crippen LogP contribution is -2.41. The molecular formula is C39H46F2N4O6. The van der Waals surface area contributed by atoms with Crippen molar-refractivity contribution in [1.82, 2.24) is 19.4 Å². The zero-order valence-electron chi connectivity index (χ0n) is 29.8. The monoisotopic (exact) mass is 704 g/mol. The molecule has 2 aliphatic heterocycles. The fraction of sp³-hybridized carbons (Fsp3) is 0.462. The van der Waals surface area contributed by atoms with Crippen LogP contribution in [0.1, 0.15) is 59.1 Å². The number of rotatable bonds is 14. The van der Waals surface area contributed by atoms with Crippen molar-refractivity contribution in [3.05, 3.63) is 83.2 Å². The van der Waals surface area contributed by atoms with E-state index >= 15 is 4.39 Å². The van der Waals surface area contributed by atoms with Crippen LogP contribution in [0.15, 0.2) is 54.6 Å². The van der Waals surface area contributed by atoms with Crippen LogP contribution in [0.25, 0.3) is 11.0 Å². The number of Topliss-reactive ketones (excluding diaryl/α,β-unsaturated/α-hetero) is 1. The number of nitrogens with zero attached hydrogens (tertiary/aromatic N) is 4. The first-order valence-corrected chi connectivity index (χ1v) is 17.6. The zero-order chi connectivity index (χ0) is 36.1. The van der Waals surface area contributed by atoms with Gasteiger partial charge < -0.3 is 33.3 Å². The highest BCUT2D eigenvalue weighted by atomic mass is 19.1. The number of carbonyl (C=O) groups is 2. The molecule has 0 radical (unpaired) electrons. The van der Waals surface area contributed by atoms with Gasteiger partial charge in [0.25, 0.3) is 5.91 Å². The minimum atomic E-state index is -0.730. The predicted octanol–water partition coefficient (Wildman–Crippen LogP) is 6.15. The largest absolute Gasteiger partial charge is 0.493 e. The third-order valence-corrected chi connectivity index (χ3v) is 10.5. The van der Waals surface area contributed by atoms with Crippen LogP contribution in [0.4, 0.5) is 8.78 Å². The van der Waals surface area contributed by atoms with Crippen LogP contribution in [0, 0.1) is 17.6 Å². The Morgan fingerprint density at radius 3 is 2.31 bits per heavy atom. The Balaban J connectivity index is 1.16. The number of ketones is 1. The maximum Gasteiger partial charge on any atom is 0.254 e. The summed E-state index contributed by atoms with van der Waals surface area (Å²) in [7, 11) is 4.48. The van der Waals surface area contributed by atoms with E-state index in [-0.39, 0.29) is 24.2 Å². The molecule has 1 aromatic heterocycles. The Morgan fingerprint density at radius 1 is 0.922 bits per heavy atom. The number of aromatic nitrogens is 2. The summed E-state index contributed by atoms with van der Waals surface area (Å²) in [6.07, 6.45) is 2.42. The summed E-state index contributed by atoms with van der Waals surface area (Å²) in [6.45, 7) is 6.29. The molecule has 12 heteroatoms. The third-order valence-electron chi connectivity index (χ3n) is 10.5. The van der Waals surface area contributed by atoms with Gasteiger partial charge in [-0.2, -0.15) is 0 Å². The van der Waals surface area contributed by atoms with Crippen molar-refractivity contribution in [2.75, 3.05) is 67.3 Å². The molecule has 4 aromatic rings. The van der Waals surface area contributed by atoms with E-state index in [0.717, 1.165) is 17.1 Å². The number of likely N-dealkylation sites (tertiary alicyclic amines) is 2. The third kappa shape index (κ3) is 7.43. The SMILES string of the molecule is CCOCCn1c(C(=O)C2CCN(CCC3(c4ccc(F)cc4F)CCN(C(=O)c4cc(OC)c(OC)c(OC)c4)C3)CC2)nc2ccccc21.